The van der Waals surface area contributed by atoms with E-state index in [0.717, 1.165) is 0 Å². The Hall–Kier alpha value is -1.26. The number of halogens is 4. The first kappa shape index (κ1) is 14.2. The highest BCUT2D eigenvalue weighted by molar-refractivity contribution is 9.10. The molecule has 2 aromatic carbocycles. The monoisotopic (exact) mass is 344 g/mol. The molecule has 0 heterocycles. The first-order chi connectivity index (χ1) is 8.91. The van der Waals surface area contributed by atoms with Crippen LogP contribution in [-0.2, 0) is 0 Å². The topological polar surface area (TPSA) is 17.1 Å². The molecule has 0 bridgehead atoms. The third-order valence-corrected chi connectivity index (χ3v) is 3.50. The minimum atomic E-state index is -1.15. The van der Waals surface area contributed by atoms with Crippen molar-refractivity contribution in [3.8, 4) is 0 Å². The Morgan fingerprint density at radius 2 is 1.74 bits per heavy atom. The molecule has 0 aliphatic rings. The van der Waals surface area contributed by atoms with Gasteiger partial charge in [-0.15, -0.1) is 0 Å². The molecule has 2 aromatic rings. The van der Waals surface area contributed by atoms with Crippen LogP contribution in [0.3, 0.4) is 0 Å². The van der Waals surface area contributed by atoms with Gasteiger partial charge in [0.15, 0.2) is 17.4 Å². The van der Waals surface area contributed by atoms with Gasteiger partial charge in [0, 0.05) is 10.0 Å². The molecule has 0 unspecified atom stereocenters. The van der Waals surface area contributed by atoms with Crippen LogP contribution >= 0.6 is 27.5 Å². The van der Waals surface area contributed by atoms with Gasteiger partial charge in [0.25, 0.3) is 0 Å². The zero-order valence-electron chi connectivity index (χ0n) is 9.81. The lowest BCUT2D eigenvalue weighted by Crippen LogP contribution is -2.07. The van der Waals surface area contributed by atoms with Crippen molar-refractivity contribution in [1.29, 1.82) is 0 Å². The summed E-state index contributed by atoms with van der Waals surface area (Å²) < 4.78 is 27.9. The van der Waals surface area contributed by atoms with E-state index in [0.29, 0.717) is 4.47 Å². The predicted octanol–water partition coefficient (Wildman–Crippen LogP) is 4.92. The number of ketones is 1. The van der Waals surface area contributed by atoms with Gasteiger partial charge in [-0.05, 0) is 36.8 Å². The van der Waals surface area contributed by atoms with Crippen LogP contribution in [0.15, 0.2) is 34.8 Å². The lowest BCUT2D eigenvalue weighted by atomic mass is 10.0. The molecule has 0 amide bonds. The summed E-state index contributed by atoms with van der Waals surface area (Å²) >= 11 is 9.14. The second-order valence-electron chi connectivity index (χ2n) is 4.01. The summed E-state index contributed by atoms with van der Waals surface area (Å²) in [6.45, 7) is 1.43. The average molecular weight is 346 g/mol. The standard InChI is InChI=1S/C14H8BrClF2O/c1-7-2-4-10(13(18)12(7)17)14(19)9-5-3-8(15)6-11(9)16/h2-6H,1H3. The van der Waals surface area contributed by atoms with Crippen LogP contribution in [0, 0.1) is 18.6 Å². The number of benzene rings is 2. The smallest absolute Gasteiger partial charge is 0.197 e. The molecule has 0 saturated carbocycles. The lowest BCUT2D eigenvalue weighted by molar-refractivity contribution is 0.103. The summed E-state index contributed by atoms with van der Waals surface area (Å²) in [6.07, 6.45) is 0. The highest BCUT2D eigenvalue weighted by Gasteiger charge is 2.20. The predicted molar refractivity (Wildman–Crippen MR) is 73.7 cm³/mol. The first-order valence-electron chi connectivity index (χ1n) is 5.36. The van der Waals surface area contributed by atoms with E-state index in [1.807, 2.05) is 0 Å². The minimum absolute atomic E-state index is 0.131. The Balaban J connectivity index is 2.53. The molecule has 98 valence electrons. The number of hydrogen-bond donors (Lipinski definition) is 0. The summed E-state index contributed by atoms with van der Waals surface area (Å²) in [5.41, 5.74) is -0.0460. The molecule has 19 heavy (non-hydrogen) atoms. The summed E-state index contributed by atoms with van der Waals surface area (Å²) in [7, 11) is 0. The highest BCUT2D eigenvalue weighted by Crippen LogP contribution is 2.25. The fraction of sp³-hybridized carbons (Fsp3) is 0.0714. The average Bonchev–Trinajstić information content (AvgIpc) is 2.35. The maximum Gasteiger partial charge on any atom is 0.197 e. The molecule has 0 spiro atoms. The number of hydrogen-bond acceptors (Lipinski definition) is 1. The normalized spacial score (nSPS) is 10.6. The minimum Gasteiger partial charge on any atom is -0.288 e. The largest absolute Gasteiger partial charge is 0.288 e. The maximum atomic E-state index is 13.8. The van der Waals surface area contributed by atoms with Crippen LogP contribution in [0.4, 0.5) is 8.78 Å². The van der Waals surface area contributed by atoms with Crippen molar-refractivity contribution in [2.24, 2.45) is 0 Å². The van der Waals surface area contributed by atoms with Crippen molar-refractivity contribution in [1.82, 2.24) is 0 Å². The van der Waals surface area contributed by atoms with Crippen molar-refractivity contribution in [2.45, 2.75) is 6.92 Å². The van der Waals surface area contributed by atoms with Gasteiger partial charge in [0.2, 0.25) is 0 Å². The van der Waals surface area contributed by atoms with Crippen LogP contribution in [-0.4, -0.2) is 5.78 Å². The van der Waals surface area contributed by atoms with E-state index in [1.165, 1.54) is 31.2 Å². The molecule has 2 rings (SSSR count). The van der Waals surface area contributed by atoms with Crippen molar-refractivity contribution in [3.63, 3.8) is 0 Å². The summed E-state index contributed by atoms with van der Waals surface area (Å²) in [5, 5.41) is 0.180. The van der Waals surface area contributed by atoms with E-state index < -0.39 is 17.4 Å². The second kappa shape index (κ2) is 5.39. The van der Waals surface area contributed by atoms with Gasteiger partial charge in [-0.25, -0.2) is 8.78 Å². The highest BCUT2D eigenvalue weighted by atomic mass is 79.9. The van der Waals surface area contributed by atoms with Crippen molar-refractivity contribution in [2.75, 3.05) is 0 Å². The third kappa shape index (κ3) is 2.69. The van der Waals surface area contributed by atoms with Crippen molar-refractivity contribution < 1.29 is 13.6 Å². The summed E-state index contributed by atoms with van der Waals surface area (Å²) in [5.74, 6) is -2.81. The molecule has 1 nitrogen and oxygen atoms in total. The van der Waals surface area contributed by atoms with Crippen LogP contribution < -0.4 is 0 Å². The molecule has 0 aliphatic carbocycles. The maximum absolute atomic E-state index is 13.8. The van der Waals surface area contributed by atoms with Gasteiger partial charge in [0.05, 0.1) is 10.6 Å². The number of rotatable bonds is 2. The zero-order chi connectivity index (χ0) is 14.2. The van der Waals surface area contributed by atoms with Gasteiger partial charge in [-0.1, -0.05) is 33.6 Å². The Kier molecular flexibility index (Phi) is 4.02. The molecule has 0 aliphatic heterocycles. The molecule has 0 radical (unpaired) electrons. The van der Waals surface area contributed by atoms with E-state index >= 15 is 0 Å². The van der Waals surface area contributed by atoms with Crippen molar-refractivity contribution >= 4 is 33.3 Å². The molecule has 0 saturated heterocycles. The van der Waals surface area contributed by atoms with Crippen LogP contribution in [0.1, 0.15) is 21.5 Å². The van der Waals surface area contributed by atoms with E-state index in [9.17, 15) is 13.6 Å². The Bertz CT molecular complexity index is 671. The first-order valence-corrected chi connectivity index (χ1v) is 6.53. The van der Waals surface area contributed by atoms with Gasteiger partial charge in [-0.3, -0.25) is 4.79 Å². The van der Waals surface area contributed by atoms with E-state index in [1.54, 1.807) is 6.07 Å². The van der Waals surface area contributed by atoms with Crippen LogP contribution in [0.25, 0.3) is 0 Å². The molecule has 0 fully saturated rings. The number of carbonyl (C=O) groups excluding carboxylic acids is 1. The SMILES string of the molecule is Cc1ccc(C(=O)c2ccc(Br)cc2Cl)c(F)c1F. The Morgan fingerprint density at radius 3 is 2.37 bits per heavy atom. The Labute approximate surface area is 122 Å². The molecule has 0 N–H and O–H groups in total. The van der Waals surface area contributed by atoms with E-state index in [-0.39, 0.29) is 21.7 Å². The molecule has 0 atom stereocenters. The van der Waals surface area contributed by atoms with E-state index in [2.05, 4.69) is 15.9 Å². The zero-order valence-corrected chi connectivity index (χ0v) is 12.1. The molecular weight excluding hydrogens is 338 g/mol. The quantitative estimate of drug-likeness (QED) is 0.706. The second-order valence-corrected chi connectivity index (χ2v) is 5.33. The lowest BCUT2D eigenvalue weighted by Gasteiger charge is -2.07. The summed E-state index contributed by atoms with van der Waals surface area (Å²) in [6, 6.07) is 7.22. The van der Waals surface area contributed by atoms with Gasteiger partial charge in [0.1, 0.15) is 0 Å². The fourth-order valence-electron chi connectivity index (χ4n) is 1.64. The van der Waals surface area contributed by atoms with Gasteiger partial charge in [-0.2, -0.15) is 0 Å². The summed E-state index contributed by atoms with van der Waals surface area (Å²) in [4.78, 5) is 12.2. The van der Waals surface area contributed by atoms with E-state index in [4.69, 9.17) is 11.6 Å². The van der Waals surface area contributed by atoms with Gasteiger partial charge < -0.3 is 0 Å². The van der Waals surface area contributed by atoms with Crippen LogP contribution in [0.2, 0.25) is 5.02 Å². The number of carbonyl (C=O) groups is 1. The van der Waals surface area contributed by atoms with Crippen molar-refractivity contribution in [3.05, 3.63) is 68.2 Å². The Morgan fingerprint density at radius 1 is 1.11 bits per heavy atom. The number of aryl methyl sites for hydroxylation is 1. The fourth-order valence-corrected chi connectivity index (χ4v) is 2.40. The van der Waals surface area contributed by atoms with Gasteiger partial charge >= 0.3 is 0 Å². The molecule has 5 heteroatoms. The third-order valence-electron chi connectivity index (χ3n) is 2.70. The van der Waals surface area contributed by atoms with Crippen LogP contribution in [0.5, 0.6) is 0 Å². The molecular formula is C14H8BrClF2O. The molecule has 0 aromatic heterocycles.